The number of nitrogens with one attached hydrogen (secondary N) is 3. The summed E-state index contributed by atoms with van der Waals surface area (Å²) < 4.78 is 36.4. The number of carbonyl (C=O) groups excluding carboxylic acids is 1. The van der Waals surface area contributed by atoms with Crippen LogP contribution in [0.5, 0.6) is 5.75 Å². The first kappa shape index (κ1) is 39.3. The molecular formula is C28H37ClFN10O7PS. The van der Waals surface area contributed by atoms with Crippen LogP contribution in [0.25, 0.3) is 0 Å². The summed E-state index contributed by atoms with van der Waals surface area (Å²) in [5.41, 5.74) is 0.678. The van der Waals surface area contributed by atoms with Gasteiger partial charge in [0.2, 0.25) is 22.0 Å². The number of hydrogen-bond acceptors (Lipinski definition) is 13. The SMILES string of the molecule is C#CCN1C(=O)COc2cc(F)c(/N=c3\snc4n3CC(C)(C)C4)cc21.CCNc1nc(Cl)nc(NCC)n1.O=C(O)CNCP(=O)(O)O. The first-order valence-corrected chi connectivity index (χ1v) is 17.7. The zero-order valence-corrected chi connectivity index (χ0v) is 29.6. The maximum Gasteiger partial charge on any atom is 0.339 e. The number of anilines is 3. The average molecular weight is 743 g/mol. The largest absolute Gasteiger partial charge is 0.481 e. The van der Waals surface area contributed by atoms with Crippen molar-refractivity contribution in [1.82, 2.24) is 29.2 Å². The average Bonchev–Trinajstić information content (AvgIpc) is 3.50. The highest BCUT2D eigenvalue weighted by Gasteiger charge is 2.31. The van der Waals surface area contributed by atoms with Crippen LogP contribution in [0.15, 0.2) is 17.1 Å². The van der Waals surface area contributed by atoms with Gasteiger partial charge in [0, 0.05) is 43.7 Å². The Morgan fingerprint density at radius 2 is 1.88 bits per heavy atom. The molecule has 0 radical (unpaired) electrons. The van der Waals surface area contributed by atoms with E-state index in [1.807, 2.05) is 18.4 Å². The molecule has 0 aliphatic carbocycles. The second-order valence-corrected chi connectivity index (χ2v) is 13.8. The maximum atomic E-state index is 14.5. The molecule has 3 aromatic rings. The molecule has 0 unspecified atom stereocenters. The standard InChI is InChI=1S/C18H17FN4O2S.C7H12ClN5.C3H8NO5P/c1-4-5-22-13-7-12(11(19)6-14(13)25-9-16(22)24)20-17-23-10-18(2,3)8-15(23)21-26-17;1-3-9-6-11-5(8)12-7(13-6)10-4-2;5-3(6)1-4-2-10(7,8)9/h1,6-7H,5,8-10H2,2-3H3;3-4H2,1-2H3,(H2,9,10,11,12,13);4H,1-2H2,(H,5,6)(H2,7,8,9)/b20-17-;;. The van der Waals surface area contributed by atoms with Crippen LogP contribution in [0, 0.1) is 23.6 Å². The Balaban J connectivity index is 0.000000236. The van der Waals surface area contributed by atoms with E-state index in [0.29, 0.717) is 28.1 Å². The van der Waals surface area contributed by atoms with Crippen molar-refractivity contribution in [3.63, 3.8) is 0 Å². The fraction of sp³-hybridized carbons (Fsp3) is 0.464. The Morgan fingerprint density at radius 3 is 2.45 bits per heavy atom. The summed E-state index contributed by atoms with van der Waals surface area (Å²) in [6.45, 7) is 10.1. The van der Waals surface area contributed by atoms with Crippen LogP contribution in [0.2, 0.25) is 5.28 Å². The van der Waals surface area contributed by atoms with E-state index < -0.39 is 32.2 Å². The van der Waals surface area contributed by atoms with E-state index in [1.54, 1.807) is 0 Å². The fourth-order valence-electron chi connectivity index (χ4n) is 4.38. The molecule has 1 aromatic carbocycles. The molecule has 6 N–H and O–H groups in total. The van der Waals surface area contributed by atoms with Crippen LogP contribution in [-0.2, 0) is 27.1 Å². The van der Waals surface area contributed by atoms with Gasteiger partial charge in [-0.1, -0.05) is 19.8 Å². The predicted molar refractivity (Wildman–Crippen MR) is 182 cm³/mol. The van der Waals surface area contributed by atoms with Gasteiger partial charge in [0.05, 0.1) is 25.1 Å². The summed E-state index contributed by atoms with van der Waals surface area (Å²) in [5.74, 6) is 2.77. The van der Waals surface area contributed by atoms with Gasteiger partial charge in [0.25, 0.3) is 5.91 Å². The molecule has 4 heterocycles. The van der Waals surface area contributed by atoms with Crippen molar-refractivity contribution in [3.05, 3.63) is 33.9 Å². The highest BCUT2D eigenvalue weighted by atomic mass is 35.5. The normalized spacial score (nSPS) is 14.6. The van der Waals surface area contributed by atoms with E-state index >= 15 is 0 Å². The van der Waals surface area contributed by atoms with E-state index in [9.17, 15) is 18.5 Å². The van der Waals surface area contributed by atoms with Gasteiger partial charge < -0.3 is 34.8 Å². The van der Waals surface area contributed by atoms with E-state index in [4.69, 9.17) is 37.7 Å². The van der Waals surface area contributed by atoms with Crippen LogP contribution in [0.4, 0.5) is 27.7 Å². The third kappa shape index (κ3) is 12.0. The van der Waals surface area contributed by atoms with E-state index in [2.05, 4.69) is 60.0 Å². The number of amides is 1. The summed E-state index contributed by atoms with van der Waals surface area (Å²) in [5, 5.41) is 16.2. The van der Waals surface area contributed by atoms with Crippen LogP contribution in [-0.4, -0.2) is 89.7 Å². The Kier molecular flexibility index (Phi) is 14.0. The highest BCUT2D eigenvalue weighted by molar-refractivity contribution is 7.51. The number of fused-ring (bicyclic) bond motifs is 2. The van der Waals surface area contributed by atoms with Crippen LogP contribution < -0.4 is 30.4 Å². The number of rotatable bonds is 10. The Morgan fingerprint density at radius 1 is 1.22 bits per heavy atom. The summed E-state index contributed by atoms with van der Waals surface area (Å²) in [7, 11) is -4.10. The van der Waals surface area contributed by atoms with Crippen molar-refractivity contribution in [2.75, 3.05) is 54.6 Å². The molecule has 0 saturated carbocycles. The number of carbonyl (C=O) groups is 2. The second kappa shape index (κ2) is 17.5. The van der Waals surface area contributed by atoms with Gasteiger partial charge in [-0.15, -0.1) is 6.42 Å². The molecule has 2 aliphatic heterocycles. The Labute approximate surface area is 290 Å². The van der Waals surface area contributed by atoms with Gasteiger partial charge in [-0.2, -0.15) is 19.3 Å². The molecule has 0 bridgehead atoms. The number of nitrogens with zero attached hydrogens (tertiary/aromatic N) is 7. The molecule has 0 saturated heterocycles. The molecule has 1 amide bonds. The van der Waals surface area contributed by atoms with Crippen molar-refractivity contribution < 1.29 is 38.2 Å². The van der Waals surface area contributed by atoms with Crippen molar-refractivity contribution in [3.8, 4) is 18.1 Å². The lowest BCUT2D eigenvalue weighted by Gasteiger charge is -2.28. The molecule has 17 nitrogen and oxygen atoms in total. The van der Waals surface area contributed by atoms with Gasteiger partial charge >= 0.3 is 13.6 Å². The Bertz CT molecular complexity index is 1790. The summed E-state index contributed by atoms with van der Waals surface area (Å²) in [6.07, 6.45) is 5.62. The molecule has 2 aliphatic rings. The number of aromatic nitrogens is 5. The topological polar surface area (TPSA) is 229 Å². The second-order valence-electron chi connectivity index (χ2n) is 11.1. The molecular weight excluding hydrogens is 706 g/mol. The van der Waals surface area contributed by atoms with Crippen molar-refractivity contribution in [1.29, 1.82) is 0 Å². The molecule has 0 spiro atoms. The fourth-order valence-corrected chi connectivity index (χ4v) is 5.70. The summed E-state index contributed by atoms with van der Waals surface area (Å²) in [6, 6.07) is 2.76. The lowest BCUT2D eigenvalue weighted by molar-refractivity contribution is -0.135. The van der Waals surface area contributed by atoms with Gasteiger partial charge in [-0.05, 0) is 36.9 Å². The zero-order chi connectivity index (χ0) is 36.4. The van der Waals surface area contributed by atoms with Gasteiger partial charge in [-0.3, -0.25) is 24.4 Å². The van der Waals surface area contributed by atoms with E-state index in [-0.39, 0.29) is 35.4 Å². The predicted octanol–water partition coefficient (Wildman–Crippen LogP) is 2.44. The van der Waals surface area contributed by atoms with Crippen LogP contribution in [0.1, 0.15) is 33.5 Å². The monoisotopic (exact) mass is 742 g/mol. The van der Waals surface area contributed by atoms with Crippen molar-refractivity contribution >= 4 is 65.9 Å². The molecule has 2 aromatic heterocycles. The molecule has 0 atom stereocenters. The first-order valence-electron chi connectivity index (χ1n) is 14.7. The minimum absolute atomic E-state index is 0.0964. The number of terminal acetylenes is 1. The number of ether oxygens (including phenoxy) is 1. The molecule has 21 heteroatoms. The van der Waals surface area contributed by atoms with E-state index in [1.165, 1.54) is 28.6 Å². The third-order valence-electron chi connectivity index (χ3n) is 6.31. The minimum atomic E-state index is -4.10. The lowest BCUT2D eigenvalue weighted by Crippen LogP contribution is -2.39. The summed E-state index contributed by atoms with van der Waals surface area (Å²) in [4.78, 5) is 56.6. The van der Waals surface area contributed by atoms with Crippen molar-refractivity contribution in [2.24, 2.45) is 10.4 Å². The quantitative estimate of drug-likeness (QED) is 0.130. The minimum Gasteiger partial charge on any atom is -0.481 e. The van der Waals surface area contributed by atoms with Gasteiger partial charge in [-0.25, -0.2) is 9.38 Å². The molecule has 0 fully saturated rings. The Hall–Kier alpha value is -4.18. The molecule has 266 valence electrons. The van der Waals surface area contributed by atoms with Crippen LogP contribution in [0.3, 0.4) is 0 Å². The van der Waals surface area contributed by atoms with Gasteiger partial charge in [0.1, 0.15) is 17.3 Å². The number of carboxylic acid groups (broad SMARTS) is 1. The maximum absolute atomic E-state index is 14.5. The number of carboxylic acids is 1. The number of hydrogen-bond donors (Lipinski definition) is 6. The number of benzene rings is 1. The number of halogens is 2. The first-order chi connectivity index (χ1) is 23.1. The van der Waals surface area contributed by atoms with Crippen LogP contribution >= 0.6 is 30.7 Å². The third-order valence-corrected chi connectivity index (χ3v) is 7.89. The molecule has 5 rings (SSSR count). The lowest BCUT2D eigenvalue weighted by atomic mass is 9.92. The van der Waals surface area contributed by atoms with E-state index in [0.717, 1.165) is 31.9 Å². The molecule has 49 heavy (non-hydrogen) atoms. The zero-order valence-electron chi connectivity index (χ0n) is 27.1. The number of aliphatic carboxylic acids is 1. The van der Waals surface area contributed by atoms with Crippen molar-refractivity contribution in [2.45, 2.75) is 40.7 Å². The highest BCUT2D eigenvalue weighted by Crippen LogP contribution is 2.37. The summed E-state index contributed by atoms with van der Waals surface area (Å²) >= 11 is 6.92. The van der Waals surface area contributed by atoms with Gasteiger partial charge in [0.15, 0.2) is 12.4 Å². The smallest absolute Gasteiger partial charge is 0.339 e.